The van der Waals surface area contributed by atoms with Crippen molar-refractivity contribution in [2.24, 2.45) is 0 Å². The molecule has 1 N–H and O–H groups in total. The number of hydrogen-bond acceptors (Lipinski definition) is 1. The van der Waals surface area contributed by atoms with Gasteiger partial charge in [0, 0.05) is 6.61 Å². The van der Waals surface area contributed by atoms with E-state index in [0.717, 1.165) is 6.16 Å². The van der Waals surface area contributed by atoms with Crippen molar-refractivity contribution in [2.45, 2.75) is 0 Å². The van der Waals surface area contributed by atoms with Gasteiger partial charge in [0.05, 0.1) is 0 Å². The summed E-state index contributed by atoms with van der Waals surface area (Å²) in [5.74, 6) is 0. The lowest BCUT2D eigenvalue weighted by Crippen LogP contribution is -1.79. The number of aliphatic hydroxyl groups excluding tert-OH is 1. The Morgan fingerprint density at radius 3 is 2.67 bits per heavy atom. The number of hydrogen-bond donors (Lipinski definition) is 1. The van der Waals surface area contributed by atoms with Crippen LogP contribution in [-0.4, -0.2) is 17.9 Å². The van der Waals surface area contributed by atoms with Gasteiger partial charge in [-0.2, -0.15) is 0 Å². The fourth-order valence-electron chi connectivity index (χ4n) is 0.128. The van der Waals surface area contributed by atoms with E-state index in [-0.39, 0.29) is 6.61 Å². The molecular formula is C4H7OP. The Bertz CT molecular complexity index is 55.1. The first-order valence-corrected chi connectivity index (χ1v) is 2.92. The van der Waals surface area contributed by atoms with E-state index in [1.807, 2.05) is 0 Å². The third kappa shape index (κ3) is 3.95. The van der Waals surface area contributed by atoms with Gasteiger partial charge < -0.3 is 5.11 Å². The third-order valence-corrected chi connectivity index (χ3v) is 1.02. The van der Waals surface area contributed by atoms with Crippen LogP contribution in [0.25, 0.3) is 0 Å². The van der Waals surface area contributed by atoms with Crippen molar-refractivity contribution in [1.29, 1.82) is 0 Å². The van der Waals surface area contributed by atoms with E-state index in [4.69, 9.17) is 11.5 Å². The molecular weight excluding hydrogens is 95.0 g/mol. The lowest BCUT2D eigenvalue weighted by atomic mass is 10.9. The lowest BCUT2D eigenvalue weighted by Gasteiger charge is -1.80. The summed E-state index contributed by atoms with van der Waals surface area (Å²) in [4.78, 5) is 0. The average molecular weight is 102 g/mol. The highest BCUT2D eigenvalue weighted by Crippen LogP contribution is 2.01. The van der Waals surface area contributed by atoms with Crippen LogP contribution in [0.5, 0.6) is 0 Å². The van der Waals surface area contributed by atoms with Crippen molar-refractivity contribution in [3.05, 3.63) is 0 Å². The Balaban J connectivity index is 2.54. The van der Waals surface area contributed by atoms with Gasteiger partial charge in [-0.05, 0) is 14.7 Å². The van der Waals surface area contributed by atoms with Crippen molar-refractivity contribution >= 4 is 8.58 Å². The van der Waals surface area contributed by atoms with Crippen LogP contribution >= 0.6 is 8.58 Å². The molecule has 0 radical (unpaired) electrons. The smallest absolute Gasteiger partial charge is 0.0476 e. The standard InChI is InChI=1S/C4H7OP/c1-2-6-4-3-5/h1,5-6H,3-4H2. The quantitative estimate of drug-likeness (QED) is 0.301. The predicted octanol–water partition coefficient (Wildman–Crippen LogP) is 0.248. The van der Waals surface area contributed by atoms with E-state index in [9.17, 15) is 0 Å². The molecule has 0 fully saturated rings. The molecule has 0 aromatic rings. The summed E-state index contributed by atoms with van der Waals surface area (Å²) in [7, 11) is 0.493. The maximum Gasteiger partial charge on any atom is 0.0476 e. The van der Waals surface area contributed by atoms with Gasteiger partial charge in [-0.1, -0.05) is 5.66 Å². The maximum atomic E-state index is 8.11. The SMILES string of the molecule is C#CPCCO. The molecule has 0 amide bonds. The molecule has 0 aromatic carbocycles. The van der Waals surface area contributed by atoms with Gasteiger partial charge in [-0.15, -0.1) is 6.42 Å². The van der Waals surface area contributed by atoms with Crippen LogP contribution in [-0.2, 0) is 0 Å². The largest absolute Gasteiger partial charge is 0.396 e. The van der Waals surface area contributed by atoms with Gasteiger partial charge >= 0.3 is 0 Å². The van der Waals surface area contributed by atoms with Gasteiger partial charge in [0.1, 0.15) is 0 Å². The van der Waals surface area contributed by atoms with Gasteiger partial charge in [-0.3, -0.25) is 0 Å². The molecule has 0 saturated heterocycles. The van der Waals surface area contributed by atoms with Gasteiger partial charge in [0.25, 0.3) is 0 Å². The first-order chi connectivity index (χ1) is 2.91. The van der Waals surface area contributed by atoms with Gasteiger partial charge in [0.15, 0.2) is 0 Å². The van der Waals surface area contributed by atoms with Crippen molar-refractivity contribution in [2.75, 3.05) is 12.8 Å². The molecule has 0 aliphatic heterocycles. The molecule has 34 valence electrons. The molecule has 1 unspecified atom stereocenters. The molecule has 0 aromatic heterocycles. The highest BCUT2D eigenvalue weighted by atomic mass is 31.1. The zero-order valence-corrected chi connectivity index (χ0v) is 4.44. The van der Waals surface area contributed by atoms with Crippen LogP contribution in [0, 0.1) is 12.1 Å². The van der Waals surface area contributed by atoms with E-state index >= 15 is 0 Å². The molecule has 1 nitrogen and oxygen atoms in total. The first kappa shape index (κ1) is 5.95. The number of rotatable bonds is 2. The van der Waals surface area contributed by atoms with E-state index in [1.165, 1.54) is 0 Å². The minimum absolute atomic E-state index is 0.225. The van der Waals surface area contributed by atoms with Crippen molar-refractivity contribution in [3.8, 4) is 12.1 Å². The van der Waals surface area contributed by atoms with Crippen molar-refractivity contribution in [1.82, 2.24) is 0 Å². The topological polar surface area (TPSA) is 20.2 Å². The van der Waals surface area contributed by atoms with Gasteiger partial charge in [0.2, 0.25) is 0 Å². The predicted molar refractivity (Wildman–Crippen MR) is 29.1 cm³/mol. The van der Waals surface area contributed by atoms with Crippen LogP contribution in [0.15, 0.2) is 0 Å². The summed E-state index contributed by atoms with van der Waals surface area (Å²) >= 11 is 0. The van der Waals surface area contributed by atoms with E-state index in [1.54, 1.807) is 0 Å². The molecule has 0 heterocycles. The molecule has 0 rings (SSSR count). The Morgan fingerprint density at radius 1 is 1.83 bits per heavy atom. The summed E-state index contributed by atoms with van der Waals surface area (Å²) in [5, 5.41) is 8.11. The number of aliphatic hydroxyl groups is 1. The molecule has 0 saturated carbocycles. The minimum atomic E-state index is 0.225. The van der Waals surface area contributed by atoms with Crippen LogP contribution < -0.4 is 0 Å². The number of terminal acetylenes is 1. The third-order valence-electron chi connectivity index (χ3n) is 0.339. The second-order valence-electron chi connectivity index (χ2n) is 0.795. The van der Waals surface area contributed by atoms with Crippen LogP contribution in [0.4, 0.5) is 0 Å². The highest BCUT2D eigenvalue weighted by Gasteiger charge is 1.72. The molecule has 0 spiro atoms. The van der Waals surface area contributed by atoms with Crippen molar-refractivity contribution < 1.29 is 5.11 Å². The molecule has 6 heavy (non-hydrogen) atoms. The van der Waals surface area contributed by atoms with Crippen LogP contribution in [0.3, 0.4) is 0 Å². The zero-order chi connectivity index (χ0) is 4.83. The van der Waals surface area contributed by atoms with E-state index in [2.05, 4.69) is 5.66 Å². The fraction of sp³-hybridized carbons (Fsp3) is 0.500. The molecule has 0 aliphatic carbocycles. The first-order valence-electron chi connectivity index (χ1n) is 1.71. The Hall–Kier alpha value is -0.0500. The second kappa shape index (κ2) is 4.95. The monoisotopic (exact) mass is 102 g/mol. The molecule has 2 heteroatoms. The van der Waals surface area contributed by atoms with Crippen molar-refractivity contribution in [3.63, 3.8) is 0 Å². The maximum absolute atomic E-state index is 8.11. The van der Waals surface area contributed by atoms with Crippen LogP contribution in [0.1, 0.15) is 0 Å². The van der Waals surface area contributed by atoms with E-state index in [0.29, 0.717) is 8.58 Å². The summed E-state index contributed by atoms with van der Waals surface area (Å²) in [6.45, 7) is 0.225. The average Bonchev–Trinajstić information content (AvgIpc) is 1.61. The summed E-state index contributed by atoms with van der Waals surface area (Å²) < 4.78 is 0. The minimum Gasteiger partial charge on any atom is -0.396 e. The summed E-state index contributed by atoms with van der Waals surface area (Å²) in [5.41, 5.74) is 2.44. The fourth-order valence-corrected chi connectivity index (χ4v) is 0.384. The van der Waals surface area contributed by atoms with Gasteiger partial charge in [-0.25, -0.2) is 0 Å². The lowest BCUT2D eigenvalue weighted by molar-refractivity contribution is 0.322. The molecule has 0 bridgehead atoms. The molecule has 0 aliphatic rings. The molecule has 1 atom stereocenters. The summed E-state index contributed by atoms with van der Waals surface area (Å²) in [6.07, 6.45) is 5.63. The Morgan fingerprint density at radius 2 is 2.50 bits per heavy atom. The van der Waals surface area contributed by atoms with Crippen LogP contribution in [0.2, 0.25) is 0 Å². The Labute approximate surface area is 39.5 Å². The highest BCUT2D eigenvalue weighted by molar-refractivity contribution is 7.43. The second-order valence-corrected chi connectivity index (χ2v) is 1.94. The normalized spacial score (nSPS) is 9.33. The zero-order valence-electron chi connectivity index (χ0n) is 3.44. The Kier molecular flexibility index (Phi) is 4.91. The van der Waals surface area contributed by atoms with E-state index < -0.39 is 0 Å². The summed E-state index contributed by atoms with van der Waals surface area (Å²) in [6, 6.07) is 0.